The first-order valence-electron chi connectivity index (χ1n) is 5.23. The van der Waals surface area contributed by atoms with Crippen LogP contribution in [0.1, 0.15) is 12.6 Å². The molecular weight excluding hydrogens is 220 g/mol. The number of pyridine rings is 1. The second-order valence-electron chi connectivity index (χ2n) is 3.35. The molecule has 17 heavy (non-hydrogen) atoms. The van der Waals surface area contributed by atoms with Crippen molar-refractivity contribution in [1.82, 2.24) is 9.88 Å². The molecule has 0 atom stereocenters. The van der Waals surface area contributed by atoms with Crippen LogP contribution in [0.5, 0.6) is 0 Å². The average Bonchev–Trinajstić information content (AvgIpc) is 2.34. The van der Waals surface area contributed by atoms with Gasteiger partial charge in [0.25, 0.3) is 0 Å². The van der Waals surface area contributed by atoms with Crippen LogP contribution in [0.4, 0.5) is 0 Å². The molecule has 1 aromatic rings. The molecule has 0 bridgehead atoms. The third-order valence-electron chi connectivity index (χ3n) is 2.14. The molecule has 0 aliphatic carbocycles. The van der Waals surface area contributed by atoms with E-state index < -0.39 is 5.97 Å². The molecule has 1 N–H and O–H groups in total. The number of carboxylic acid groups (broad SMARTS) is 1. The second-order valence-corrected chi connectivity index (χ2v) is 3.35. The fourth-order valence-electron chi connectivity index (χ4n) is 1.28. The third-order valence-corrected chi connectivity index (χ3v) is 2.14. The van der Waals surface area contributed by atoms with E-state index in [1.807, 2.05) is 19.1 Å². The molecule has 1 aromatic heterocycles. The van der Waals surface area contributed by atoms with E-state index in [1.165, 1.54) is 4.90 Å². The van der Waals surface area contributed by atoms with E-state index in [4.69, 9.17) is 5.11 Å². The molecule has 0 saturated heterocycles. The summed E-state index contributed by atoms with van der Waals surface area (Å²) in [6, 6.07) is 5.45. The number of nitrogens with zero attached hydrogens (tertiary/aromatic N) is 2. The van der Waals surface area contributed by atoms with Crippen molar-refractivity contribution >= 4 is 11.9 Å². The van der Waals surface area contributed by atoms with Crippen molar-refractivity contribution in [3.63, 3.8) is 0 Å². The lowest BCUT2D eigenvalue weighted by molar-refractivity contribution is -0.132. The van der Waals surface area contributed by atoms with Crippen molar-refractivity contribution in [1.29, 1.82) is 0 Å². The van der Waals surface area contributed by atoms with Crippen LogP contribution >= 0.6 is 0 Å². The zero-order valence-corrected chi connectivity index (χ0v) is 9.54. The van der Waals surface area contributed by atoms with Crippen LogP contribution in [0, 0.1) is 0 Å². The summed E-state index contributed by atoms with van der Waals surface area (Å²) in [5.41, 5.74) is 0.770. The molecule has 1 rings (SSSR count). The summed E-state index contributed by atoms with van der Waals surface area (Å²) in [6.07, 6.45) is 3.54. The maximum atomic E-state index is 11.6. The van der Waals surface area contributed by atoms with Crippen LogP contribution in [-0.4, -0.2) is 33.4 Å². The molecule has 0 aliphatic heterocycles. The summed E-state index contributed by atoms with van der Waals surface area (Å²) < 4.78 is 0. The molecule has 0 aliphatic rings. The minimum absolute atomic E-state index is 0.333. The molecule has 0 radical (unpaired) electrons. The van der Waals surface area contributed by atoms with Gasteiger partial charge in [-0.3, -0.25) is 9.78 Å². The number of hydrogen-bond acceptors (Lipinski definition) is 3. The van der Waals surface area contributed by atoms with Crippen LogP contribution in [0.2, 0.25) is 0 Å². The van der Waals surface area contributed by atoms with Gasteiger partial charge in [0.15, 0.2) is 0 Å². The van der Waals surface area contributed by atoms with Gasteiger partial charge < -0.3 is 10.0 Å². The lowest BCUT2D eigenvalue weighted by Gasteiger charge is -2.18. The first-order valence-corrected chi connectivity index (χ1v) is 5.23. The van der Waals surface area contributed by atoms with E-state index in [-0.39, 0.29) is 5.91 Å². The number of hydrogen-bond donors (Lipinski definition) is 1. The Labute approximate surface area is 99.4 Å². The maximum Gasteiger partial charge on any atom is 0.328 e. The van der Waals surface area contributed by atoms with Gasteiger partial charge in [0, 0.05) is 24.9 Å². The highest BCUT2D eigenvalue weighted by Gasteiger charge is 2.09. The number of carbonyl (C=O) groups excluding carboxylic acids is 1. The molecule has 1 heterocycles. The van der Waals surface area contributed by atoms with Crippen LogP contribution in [0.3, 0.4) is 0 Å². The molecule has 0 saturated carbocycles. The number of carboxylic acids is 1. The van der Waals surface area contributed by atoms with E-state index in [2.05, 4.69) is 4.98 Å². The average molecular weight is 234 g/mol. The normalized spacial score (nSPS) is 10.4. The van der Waals surface area contributed by atoms with Gasteiger partial charge >= 0.3 is 5.97 Å². The molecule has 5 heteroatoms. The summed E-state index contributed by atoms with van der Waals surface area (Å²) in [7, 11) is 0. The summed E-state index contributed by atoms with van der Waals surface area (Å²) in [5, 5.41) is 8.44. The van der Waals surface area contributed by atoms with Crippen molar-refractivity contribution in [3.05, 3.63) is 42.2 Å². The zero-order chi connectivity index (χ0) is 12.7. The summed E-state index contributed by atoms with van der Waals surface area (Å²) in [6.45, 7) is 2.70. The summed E-state index contributed by atoms with van der Waals surface area (Å²) >= 11 is 0. The lowest BCUT2D eigenvalue weighted by Crippen LogP contribution is -2.29. The molecular formula is C12H14N2O3. The Balaban J connectivity index is 2.66. The standard InChI is InChI=1S/C12H14N2O3/c1-2-14(11(15)6-7-12(16)17)9-10-5-3-4-8-13-10/h3-8H,2,9H2,1H3,(H,16,17). The van der Waals surface area contributed by atoms with Gasteiger partial charge in [-0.1, -0.05) is 6.07 Å². The Morgan fingerprint density at radius 2 is 2.18 bits per heavy atom. The number of amides is 1. The predicted octanol–water partition coefficient (Wildman–Crippen LogP) is 1.07. The highest BCUT2D eigenvalue weighted by molar-refractivity contribution is 5.93. The van der Waals surface area contributed by atoms with E-state index in [9.17, 15) is 9.59 Å². The Hall–Kier alpha value is -2.17. The Kier molecular flexibility index (Phi) is 4.87. The Morgan fingerprint density at radius 1 is 1.41 bits per heavy atom. The van der Waals surface area contributed by atoms with E-state index >= 15 is 0 Å². The third kappa shape index (κ3) is 4.46. The predicted molar refractivity (Wildman–Crippen MR) is 62.1 cm³/mol. The SMILES string of the molecule is CCN(Cc1ccccn1)C(=O)C=CC(=O)O. The molecule has 0 aromatic carbocycles. The van der Waals surface area contributed by atoms with Gasteiger partial charge in [0.1, 0.15) is 0 Å². The first-order chi connectivity index (χ1) is 8.13. The Bertz CT molecular complexity index is 415. The highest BCUT2D eigenvalue weighted by Crippen LogP contribution is 2.01. The topological polar surface area (TPSA) is 70.5 Å². The number of aromatic nitrogens is 1. The van der Waals surface area contributed by atoms with Gasteiger partial charge in [-0.25, -0.2) is 4.79 Å². The fourth-order valence-corrected chi connectivity index (χ4v) is 1.28. The van der Waals surface area contributed by atoms with Crippen molar-refractivity contribution < 1.29 is 14.7 Å². The molecule has 1 amide bonds. The fraction of sp³-hybridized carbons (Fsp3) is 0.250. The van der Waals surface area contributed by atoms with Gasteiger partial charge in [-0.15, -0.1) is 0 Å². The van der Waals surface area contributed by atoms with Crippen molar-refractivity contribution in [2.75, 3.05) is 6.54 Å². The number of carbonyl (C=O) groups is 2. The molecule has 5 nitrogen and oxygen atoms in total. The summed E-state index contributed by atoms with van der Waals surface area (Å²) in [4.78, 5) is 27.6. The molecule has 0 spiro atoms. The van der Waals surface area contributed by atoms with Crippen LogP contribution in [0.15, 0.2) is 36.5 Å². The number of likely N-dealkylation sites (N-methyl/N-ethyl adjacent to an activating group) is 1. The number of rotatable bonds is 5. The Morgan fingerprint density at radius 3 is 2.71 bits per heavy atom. The zero-order valence-electron chi connectivity index (χ0n) is 9.54. The van der Waals surface area contributed by atoms with Gasteiger partial charge in [0.2, 0.25) is 5.91 Å². The van der Waals surface area contributed by atoms with Crippen LogP contribution < -0.4 is 0 Å². The minimum Gasteiger partial charge on any atom is -0.478 e. The van der Waals surface area contributed by atoms with E-state index in [0.717, 1.165) is 17.8 Å². The van der Waals surface area contributed by atoms with E-state index in [0.29, 0.717) is 13.1 Å². The van der Waals surface area contributed by atoms with Crippen LogP contribution in [-0.2, 0) is 16.1 Å². The maximum absolute atomic E-state index is 11.6. The van der Waals surface area contributed by atoms with Crippen LogP contribution in [0.25, 0.3) is 0 Å². The summed E-state index contributed by atoms with van der Waals surface area (Å²) in [5.74, 6) is -1.47. The lowest BCUT2D eigenvalue weighted by atomic mass is 10.3. The molecule has 0 fully saturated rings. The monoisotopic (exact) mass is 234 g/mol. The number of aliphatic carboxylic acids is 1. The largest absolute Gasteiger partial charge is 0.478 e. The smallest absolute Gasteiger partial charge is 0.328 e. The van der Waals surface area contributed by atoms with Crippen molar-refractivity contribution in [2.45, 2.75) is 13.5 Å². The van der Waals surface area contributed by atoms with Gasteiger partial charge in [0.05, 0.1) is 12.2 Å². The highest BCUT2D eigenvalue weighted by atomic mass is 16.4. The quantitative estimate of drug-likeness (QED) is 0.774. The van der Waals surface area contributed by atoms with Crippen molar-refractivity contribution in [3.8, 4) is 0 Å². The van der Waals surface area contributed by atoms with Crippen molar-refractivity contribution in [2.24, 2.45) is 0 Å². The molecule has 90 valence electrons. The second kappa shape index (κ2) is 6.42. The van der Waals surface area contributed by atoms with Gasteiger partial charge in [-0.2, -0.15) is 0 Å². The van der Waals surface area contributed by atoms with Gasteiger partial charge in [-0.05, 0) is 19.1 Å². The van der Waals surface area contributed by atoms with E-state index in [1.54, 1.807) is 12.3 Å². The molecule has 0 unspecified atom stereocenters. The minimum atomic E-state index is -1.13. The first kappa shape index (κ1) is 12.9.